The van der Waals surface area contributed by atoms with Crippen molar-refractivity contribution in [3.8, 4) is 0 Å². The average molecular weight is 292 g/mol. The van der Waals surface area contributed by atoms with E-state index in [2.05, 4.69) is 19.2 Å². The monoisotopic (exact) mass is 292 g/mol. The summed E-state index contributed by atoms with van der Waals surface area (Å²) in [6.45, 7) is 6.93. The Morgan fingerprint density at radius 3 is 2.33 bits per heavy atom. The largest absolute Gasteiger partial charge is 0.340 e. The highest BCUT2D eigenvalue weighted by Crippen LogP contribution is 2.47. The molecule has 2 amide bonds. The standard InChI is InChI=1S/C17H28N2O2/c1-12(2)11-19-15(21)17(9-5-4-6-10-17)18-14(20)16(19,3)13-7-8-13/h12-13H,4-11H2,1-3H3,(H,18,20). The van der Waals surface area contributed by atoms with Crippen LogP contribution in [0.4, 0.5) is 0 Å². The number of carbonyl (C=O) groups excluding carboxylic acids is 2. The summed E-state index contributed by atoms with van der Waals surface area (Å²) in [6.07, 6.45) is 7.02. The number of hydrogen-bond acceptors (Lipinski definition) is 2. The highest BCUT2D eigenvalue weighted by Gasteiger charge is 2.61. The van der Waals surface area contributed by atoms with Crippen molar-refractivity contribution in [1.82, 2.24) is 10.2 Å². The molecule has 4 heteroatoms. The molecule has 1 aliphatic heterocycles. The first-order chi connectivity index (χ1) is 9.90. The molecule has 0 aromatic heterocycles. The highest BCUT2D eigenvalue weighted by atomic mass is 16.2. The van der Waals surface area contributed by atoms with Gasteiger partial charge in [-0.1, -0.05) is 33.1 Å². The van der Waals surface area contributed by atoms with Crippen molar-refractivity contribution < 1.29 is 9.59 Å². The van der Waals surface area contributed by atoms with Crippen molar-refractivity contribution in [2.75, 3.05) is 6.54 Å². The first-order valence-corrected chi connectivity index (χ1v) is 8.55. The van der Waals surface area contributed by atoms with Crippen molar-refractivity contribution in [2.45, 2.75) is 76.8 Å². The Bertz CT molecular complexity index is 450. The summed E-state index contributed by atoms with van der Waals surface area (Å²) in [5.41, 5.74) is -1.22. The zero-order valence-electron chi connectivity index (χ0n) is 13.6. The van der Waals surface area contributed by atoms with Crippen LogP contribution in [0.15, 0.2) is 0 Å². The van der Waals surface area contributed by atoms with Gasteiger partial charge in [0.15, 0.2) is 0 Å². The lowest BCUT2D eigenvalue weighted by Crippen LogP contribution is -2.76. The molecule has 118 valence electrons. The smallest absolute Gasteiger partial charge is 0.249 e. The van der Waals surface area contributed by atoms with Crippen molar-refractivity contribution in [3.05, 3.63) is 0 Å². The van der Waals surface area contributed by atoms with Gasteiger partial charge < -0.3 is 10.2 Å². The van der Waals surface area contributed by atoms with E-state index in [1.807, 2.05) is 11.8 Å². The first kappa shape index (κ1) is 14.9. The van der Waals surface area contributed by atoms with Gasteiger partial charge in [0.25, 0.3) is 0 Å². The number of hydrogen-bond donors (Lipinski definition) is 1. The molecule has 2 saturated carbocycles. The molecule has 0 radical (unpaired) electrons. The molecular formula is C17H28N2O2. The Morgan fingerprint density at radius 1 is 1.19 bits per heavy atom. The summed E-state index contributed by atoms with van der Waals surface area (Å²) in [7, 11) is 0. The second kappa shape index (κ2) is 4.99. The molecule has 2 aliphatic carbocycles. The Hall–Kier alpha value is -1.06. The number of amides is 2. The zero-order valence-corrected chi connectivity index (χ0v) is 13.6. The van der Waals surface area contributed by atoms with E-state index in [-0.39, 0.29) is 11.8 Å². The summed E-state index contributed by atoms with van der Waals surface area (Å²) in [4.78, 5) is 28.1. The van der Waals surface area contributed by atoms with Crippen LogP contribution in [0.5, 0.6) is 0 Å². The van der Waals surface area contributed by atoms with Gasteiger partial charge in [-0.25, -0.2) is 0 Å². The molecule has 0 aromatic rings. The molecule has 3 fully saturated rings. The van der Waals surface area contributed by atoms with Gasteiger partial charge in [-0.2, -0.15) is 0 Å². The molecular weight excluding hydrogens is 264 g/mol. The van der Waals surface area contributed by atoms with E-state index in [0.717, 1.165) is 38.5 Å². The molecule has 0 aromatic carbocycles. The number of rotatable bonds is 3. The summed E-state index contributed by atoms with van der Waals surface area (Å²) >= 11 is 0. The maximum absolute atomic E-state index is 13.2. The molecule has 1 atom stereocenters. The predicted molar refractivity (Wildman–Crippen MR) is 81.6 cm³/mol. The number of carbonyl (C=O) groups is 2. The van der Waals surface area contributed by atoms with E-state index >= 15 is 0 Å². The minimum atomic E-state index is -0.621. The van der Waals surface area contributed by atoms with E-state index in [4.69, 9.17) is 0 Å². The molecule has 1 N–H and O–H groups in total. The van der Waals surface area contributed by atoms with E-state index < -0.39 is 11.1 Å². The normalized spacial score (nSPS) is 32.7. The third kappa shape index (κ3) is 2.27. The summed E-state index contributed by atoms with van der Waals surface area (Å²) in [6, 6.07) is 0. The van der Waals surface area contributed by atoms with Gasteiger partial charge in [-0.15, -0.1) is 0 Å². The van der Waals surface area contributed by atoms with E-state index in [1.165, 1.54) is 6.42 Å². The number of nitrogens with zero attached hydrogens (tertiary/aromatic N) is 1. The summed E-state index contributed by atoms with van der Waals surface area (Å²) < 4.78 is 0. The second-order valence-electron chi connectivity index (χ2n) is 7.83. The molecule has 1 spiro atoms. The Labute approximate surface area is 127 Å². The van der Waals surface area contributed by atoms with Crippen LogP contribution < -0.4 is 5.32 Å². The topological polar surface area (TPSA) is 49.4 Å². The molecule has 4 nitrogen and oxygen atoms in total. The molecule has 21 heavy (non-hydrogen) atoms. The fourth-order valence-corrected chi connectivity index (χ4v) is 4.17. The molecule has 1 saturated heterocycles. The van der Waals surface area contributed by atoms with E-state index in [0.29, 0.717) is 18.4 Å². The van der Waals surface area contributed by atoms with Gasteiger partial charge in [-0.05, 0) is 44.4 Å². The molecule has 0 bridgehead atoms. The quantitative estimate of drug-likeness (QED) is 0.868. The second-order valence-corrected chi connectivity index (χ2v) is 7.83. The molecule has 1 unspecified atom stereocenters. The summed E-state index contributed by atoms with van der Waals surface area (Å²) in [5, 5.41) is 3.17. The Kier molecular flexibility index (Phi) is 3.53. The third-order valence-corrected chi connectivity index (χ3v) is 5.65. The minimum Gasteiger partial charge on any atom is -0.340 e. The van der Waals surface area contributed by atoms with Crippen LogP contribution in [0.2, 0.25) is 0 Å². The van der Waals surface area contributed by atoms with Crippen molar-refractivity contribution >= 4 is 11.8 Å². The fraction of sp³-hybridized carbons (Fsp3) is 0.882. The van der Waals surface area contributed by atoms with Crippen molar-refractivity contribution in [3.63, 3.8) is 0 Å². The molecule has 1 heterocycles. The van der Waals surface area contributed by atoms with Crippen LogP contribution in [0.1, 0.15) is 65.7 Å². The van der Waals surface area contributed by atoms with Gasteiger partial charge >= 0.3 is 0 Å². The van der Waals surface area contributed by atoms with Crippen molar-refractivity contribution in [2.24, 2.45) is 11.8 Å². The molecule has 3 rings (SSSR count). The van der Waals surface area contributed by atoms with Gasteiger partial charge in [0.05, 0.1) is 0 Å². The lowest BCUT2D eigenvalue weighted by atomic mass is 9.75. The van der Waals surface area contributed by atoms with E-state index in [9.17, 15) is 9.59 Å². The Balaban J connectivity index is 1.95. The lowest BCUT2D eigenvalue weighted by Gasteiger charge is -2.53. The minimum absolute atomic E-state index is 0.0900. The van der Waals surface area contributed by atoms with Gasteiger partial charge in [-0.3, -0.25) is 9.59 Å². The lowest BCUT2D eigenvalue weighted by molar-refractivity contribution is -0.166. The van der Waals surface area contributed by atoms with Gasteiger partial charge in [0, 0.05) is 6.54 Å². The maximum atomic E-state index is 13.2. The first-order valence-electron chi connectivity index (χ1n) is 8.55. The third-order valence-electron chi connectivity index (χ3n) is 5.65. The van der Waals surface area contributed by atoms with Crippen LogP contribution in [-0.2, 0) is 9.59 Å². The van der Waals surface area contributed by atoms with Crippen LogP contribution in [0.25, 0.3) is 0 Å². The van der Waals surface area contributed by atoms with Crippen LogP contribution in [0, 0.1) is 11.8 Å². The SMILES string of the molecule is CC(C)CN1C(=O)C2(CCCCC2)NC(=O)C1(C)C1CC1. The van der Waals surface area contributed by atoms with E-state index in [1.54, 1.807) is 0 Å². The highest BCUT2D eigenvalue weighted by molar-refractivity contribution is 6.02. The zero-order chi connectivity index (χ0) is 15.3. The number of nitrogens with one attached hydrogen (secondary N) is 1. The van der Waals surface area contributed by atoms with Crippen LogP contribution in [-0.4, -0.2) is 34.3 Å². The van der Waals surface area contributed by atoms with Gasteiger partial charge in [0.1, 0.15) is 11.1 Å². The number of piperazine rings is 1. The Morgan fingerprint density at radius 2 is 1.81 bits per heavy atom. The average Bonchev–Trinajstić information content (AvgIpc) is 3.27. The summed E-state index contributed by atoms with van der Waals surface area (Å²) in [5.74, 6) is 1.01. The van der Waals surface area contributed by atoms with Crippen LogP contribution in [0.3, 0.4) is 0 Å². The predicted octanol–water partition coefficient (Wildman–Crippen LogP) is 2.47. The fourth-order valence-electron chi connectivity index (χ4n) is 4.17. The molecule has 3 aliphatic rings. The van der Waals surface area contributed by atoms with Crippen molar-refractivity contribution in [1.29, 1.82) is 0 Å². The maximum Gasteiger partial charge on any atom is 0.249 e. The van der Waals surface area contributed by atoms with Gasteiger partial charge in [0.2, 0.25) is 11.8 Å². The van der Waals surface area contributed by atoms with Crippen LogP contribution >= 0.6 is 0 Å².